The van der Waals surface area contributed by atoms with Crippen LogP contribution in [0.15, 0.2) is 0 Å². The normalized spacial score (nSPS) is 33.4. The van der Waals surface area contributed by atoms with Gasteiger partial charge >= 0.3 is 6.03 Å². The number of nitrogens with zero attached hydrogens (tertiary/aromatic N) is 1. The molecule has 1 rings (SSSR count). The molecule has 0 aromatic carbocycles. The number of urea groups is 1. The van der Waals surface area contributed by atoms with Crippen LogP contribution in [0.2, 0.25) is 0 Å². The van der Waals surface area contributed by atoms with Gasteiger partial charge in [-0.15, -0.1) is 0 Å². The number of hydrogen-bond acceptors (Lipinski definition) is 2. The first-order valence-electron chi connectivity index (χ1n) is 4.57. The minimum Gasteiger partial charge on any atom is -0.352 e. The second-order valence-corrected chi connectivity index (χ2v) is 3.87. The molecule has 1 fully saturated rings. The molecule has 0 radical (unpaired) electrons. The topological polar surface area (TPSA) is 78.9 Å². The lowest BCUT2D eigenvalue weighted by atomic mass is 9.78. The quantitative estimate of drug-likeness (QED) is 0.636. The highest BCUT2D eigenvalue weighted by Gasteiger charge is 2.35. The molecule has 0 saturated heterocycles. The highest BCUT2D eigenvalue weighted by atomic mass is 16.2. The summed E-state index contributed by atoms with van der Waals surface area (Å²) in [7, 11) is 0. The number of nitrogens with two attached hydrogens (primary N) is 1. The summed E-state index contributed by atoms with van der Waals surface area (Å²) in [5.41, 5.74) is 4.32. The largest absolute Gasteiger partial charge is 0.352 e. The predicted octanol–water partition coefficient (Wildman–Crippen LogP) is 1.13. The summed E-state index contributed by atoms with van der Waals surface area (Å²) in [4.78, 5) is 10.7. The van der Waals surface area contributed by atoms with Crippen LogP contribution in [-0.4, -0.2) is 11.6 Å². The molecule has 0 atom stereocenters. The van der Waals surface area contributed by atoms with Crippen molar-refractivity contribution in [3.8, 4) is 6.07 Å². The van der Waals surface area contributed by atoms with E-state index in [1.807, 2.05) is 0 Å². The van der Waals surface area contributed by atoms with Crippen molar-refractivity contribution >= 4 is 6.03 Å². The van der Waals surface area contributed by atoms with Crippen molar-refractivity contribution in [3.05, 3.63) is 0 Å². The number of rotatable bonds is 1. The summed E-state index contributed by atoms with van der Waals surface area (Å²) in [6.45, 7) is 2.16. The highest BCUT2D eigenvalue weighted by Crippen LogP contribution is 2.31. The number of nitriles is 1. The van der Waals surface area contributed by atoms with Crippen LogP contribution in [0.5, 0.6) is 0 Å². The zero-order valence-electron chi connectivity index (χ0n) is 7.84. The standard InChI is InChI=1S/C9H15N3O/c1-7-2-4-9(6-10,5-3-7)12-8(11)13/h7H,2-5H2,1H3,(H3,11,12,13). The van der Waals surface area contributed by atoms with E-state index in [4.69, 9.17) is 11.0 Å². The Kier molecular flexibility index (Phi) is 2.76. The first-order chi connectivity index (χ1) is 6.08. The Balaban J connectivity index is 2.62. The number of primary amides is 1. The number of carbonyl (C=O) groups is 1. The van der Waals surface area contributed by atoms with E-state index >= 15 is 0 Å². The van der Waals surface area contributed by atoms with Gasteiger partial charge in [-0.3, -0.25) is 0 Å². The Morgan fingerprint density at radius 3 is 2.54 bits per heavy atom. The third kappa shape index (κ3) is 2.35. The van der Waals surface area contributed by atoms with E-state index in [9.17, 15) is 4.79 Å². The second kappa shape index (κ2) is 3.65. The van der Waals surface area contributed by atoms with Crippen LogP contribution in [0.1, 0.15) is 32.6 Å². The average Bonchev–Trinajstić information content (AvgIpc) is 2.09. The fourth-order valence-corrected chi connectivity index (χ4v) is 1.76. The van der Waals surface area contributed by atoms with Gasteiger partial charge in [-0.2, -0.15) is 5.26 Å². The SMILES string of the molecule is CC1CCC(C#N)(NC(N)=O)CC1. The van der Waals surface area contributed by atoms with Crippen LogP contribution in [0.3, 0.4) is 0 Å². The van der Waals surface area contributed by atoms with Crippen LogP contribution in [0, 0.1) is 17.2 Å². The van der Waals surface area contributed by atoms with Gasteiger partial charge in [0.1, 0.15) is 5.54 Å². The Morgan fingerprint density at radius 1 is 1.62 bits per heavy atom. The van der Waals surface area contributed by atoms with Gasteiger partial charge in [-0.1, -0.05) is 6.92 Å². The summed E-state index contributed by atoms with van der Waals surface area (Å²) >= 11 is 0. The van der Waals surface area contributed by atoms with Gasteiger partial charge in [0, 0.05) is 0 Å². The van der Waals surface area contributed by atoms with Gasteiger partial charge in [-0.25, -0.2) is 4.79 Å². The van der Waals surface area contributed by atoms with Crippen molar-refractivity contribution in [1.29, 1.82) is 5.26 Å². The molecule has 0 spiro atoms. The molecule has 1 aliphatic carbocycles. The average molecular weight is 181 g/mol. The second-order valence-electron chi connectivity index (χ2n) is 3.87. The van der Waals surface area contributed by atoms with Gasteiger partial charge in [-0.05, 0) is 31.6 Å². The minimum atomic E-state index is -0.696. The summed E-state index contributed by atoms with van der Waals surface area (Å²) in [6, 6.07) is 1.56. The Bertz CT molecular complexity index is 236. The van der Waals surface area contributed by atoms with Crippen LogP contribution < -0.4 is 11.1 Å². The molecule has 0 aromatic rings. The highest BCUT2D eigenvalue weighted by molar-refractivity contribution is 5.73. The maximum Gasteiger partial charge on any atom is 0.313 e. The Labute approximate surface area is 78.1 Å². The number of nitrogens with one attached hydrogen (secondary N) is 1. The zero-order chi connectivity index (χ0) is 9.90. The summed E-state index contributed by atoms with van der Waals surface area (Å²) in [5.74, 6) is 0.649. The molecule has 4 nitrogen and oxygen atoms in total. The molecular weight excluding hydrogens is 166 g/mol. The van der Waals surface area contributed by atoms with Crippen molar-refractivity contribution in [2.24, 2.45) is 11.7 Å². The smallest absolute Gasteiger partial charge is 0.313 e. The molecule has 13 heavy (non-hydrogen) atoms. The zero-order valence-corrected chi connectivity index (χ0v) is 7.84. The maximum atomic E-state index is 10.7. The molecule has 2 amide bonds. The van der Waals surface area contributed by atoms with Gasteiger partial charge in [0.15, 0.2) is 0 Å². The van der Waals surface area contributed by atoms with Gasteiger partial charge in [0.05, 0.1) is 6.07 Å². The monoisotopic (exact) mass is 181 g/mol. The van der Waals surface area contributed by atoms with Crippen LogP contribution in [-0.2, 0) is 0 Å². The van der Waals surface area contributed by atoms with E-state index in [1.165, 1.54) is 0 Å². The van der Waals surface area contributed by atoms with Crippen LogP contribution in [0.4, 0.5) is 4.79 Å². The number of hydrogen-bond donors (Lipinski definition) is 2. The van der Waals surface area contributed by atoms with Crippen molar-refractivity contribution < 1.29 is 4.79 Å². The van der Waals surface area contributed by atoms with E-state index in [0.29, 0.717) is 18.8 Å². The maximum absolute atomic E-state index is 10.7. The molecule has 0 bridgehead atoms. The lowest BCUT2D eigenvalue weighted by Crippen LogP contribution is -2.51. The van der Waals surface area contributed by atoms with Crippen molar-refractivity contribution in [2.45, 2.75) is 38.1 Å². The lowest BCUT2D eigenvalue weighted by molar-refractivity contribution is 0.219. The molecule has 0 aromatic heterocycles. The van der Waals surface area contributed by atoms with Crippen molar-refractivity contribution in [1.82, 2.24) is 5.32 Å². The molecule has 72 valence electrons. The lowest BCUT2D eigenvalue weighted by Gasteiger charge is -2.33. The van der Waals surface area contributed by atoms with Crippen molar-refractivity contribution in [3.63, 3.8) is 0 Å². The van der Waals surface area contributed by atoms with E-state index in [2.05, 4.69) is 18.3 Å². The first kappa shape index (κ1) is 9.85. The van der Waals surface area contributed by atoms with Crippen LogP contribution >= 0.6 is 0 Å². The Hall–Kier alpha value is -1.24. The predicted molar refractivity (Wildman–Crippen MR) is 48.7 cm³/mol. The number of carbonyl (C=O) groups excluding carboxylic acids is 1. The van der Waals surface area contributed by atoms with Crippen LogP contribution in [0.25, 0.3) is 0 Å². The molecule has 0 aliphatic heterocycles. The summed E-state index contributed by atoms with van der Waals surface area (Å²) in [6.07, 6.45) is 3.39. The molecule has 0 unspecified atom stereocenters. The van der Waals surface area contributed by atoms with Gasteiger partial charge < -0.3 is 11.1 Å². The molecule has 0 heterocycles. The summed E-state index contributed by atoms with van der Waals surface area (Å²) < 4.78 is 0. The fraction of sp³-hybridized carbons (Fsp3) is 0.778. The molecule has 1 aliphatic rings. The summed E-state index contributed by atoms with van der Waals surface area (Å²) in [5, 5.41) is 11.5. The van der Waals surface area contributed by atoms with E-state index in [-0.39, 0.29) is 0 Å². The molecule has 4 heteroatoms. The fourth-order valence-electron chi connectivity index (χ4n) is 1.76. The van der Waals surface area contributed by atoms with E-state index in [1.54, 1.807) is 0 Å². The Morgan fingerprint density at radius 2 is 2.15 bits per heavy atom. The molecule has 3 N–H and O–H groups in total. The minimum absolute atomic E-state index is 0.601. The van der Waals surface area contributed by atoms with Gasteiger partial charge in [0.2, 0.25) is 0 Å². The number of amides is 2. The first-order valence-corrected chi connectivity index (χ1v) is 4.57. The molecular formula is C9H15N3O. The van der Waals surface area contributed by atoms with Crippen molar-refractivity contribution in [2.75, 3.05) is 0 Å². The third-order valence-corrected chi connectivity index (χ3v) is 2.70. The van der Waals surface area contributed by atoms with E-state index in [0.717, 1.165) is 12.8 Å². The molecule has 1 saturated carbocycles. The van der Waals surface area contributed by atoms with Gasteiger partial charge in [0.25, 0.3) is 0 Å². The third-order valence-electron chi connectivity index (χ3n) is 2.70. The van der Waals surface area contributed by atoms with E-state index < -0.39 is 11.6 Å².